The Labute approximate surface area is 168 Å². The molecule has 30 heavy (non-hydrogen) atoms. The second-order valence-corrected chi connectivity index (χ2v) is 6.73. The van der Waals surface area contributed by atoms with Crippen molar-refractivity contribution < 1.29 is 35.8 Å². The second kappa shape index (κ2) is 8.34. The summed E-state index contributed by atoms with van der Waals surface area (Å²) >= 11 is 0. The van der Waals surface area contributed by atoms with Crippen molar-refractivity contribution in [2.24, 2.45) is 5.92 Å². The van der Waals surface area contributed by atoms with E-state index in [0.29, 0.717) is 5.69 Å². The standard InChI is InChI=1S/C20H16F6N2O2/c21-19(22,23)13-11-15(9-10-27)28(12-13)14-5-7-16(8-6-14)29-17-3-1-2-4-18(17)30-20(24,25)26/h1-8,13,15H,9,11-12H2. The molecule has 0 aromatic heterocycles. The van der Waals surface area contributed by atoms with Crippen LogP contribution in [0.15, 0.2) is 48.5 Å². The predicted molar refractivity (Wildman–Crippen MR) is 95.2 cm³/mol. The van der Waals surface area contributed by atoms with Gasteiger partial charge in [0.15, 0.2) is 11.5 Å². The zero-order chi connectivity index (χ0) is 21.9. The van der Waals surface area contributed by atoms with Gasteiger partial charge < -0.3 is 14.4 Å². The third-order valence-electron chi connectivity index (χ3n) is 4.68. The molecule has 10 heteroatoms. The number of benzene rings is 2. The molecule has 0 radical (unpaired) electrons. The zero-order valence-electron chi connectivity index (χ0n) is 15.4. The molecule has 1 fully saturated rings. The van der Waals surface area contributed by atoms with Crippen molar-refractivity contribution in [2.45, 2.75) is 31.4 Å². The monoisotopic (exact) mass is 430 g/mol. The van der Waals surface area contributed by atoms with Crippen LogP contribution in [0.2, 0.25) is 0 Å². The largest absolute Gasteiger partial charge is 0.573 e. The predicted octanol–water partition coefficient (Wildman–Crippen LogP) is 6.05. The fraction of sp³-hybridized carbons (Fsp3) is 0.350. The Bertz CT molecular complexity index is 905. The molecular formula is C20H16F6N2O2. The minimum atomic E-state index is -4.89. The molecule has 1 aliphatic heterocycles. The number of rotatable bonds is 5. The first-order chi connectivity index (χ1) is 14.1. The quantitative estimate of drug-likeness (QED) is 0.542. The summed E-state index contributed by atoms with van der Waals surface area (Å²) in [6, 6.07) is 12.4. The van der Waals surface area contributed by atoms with Crippen molar-refractivity contribution in [1.29, 1.82) is 5.26 Å². The number of hydrogen-bond acceptors (Lipinski definition) is 4. The Kier molecular flexibility index (Phi) is 6.01. The van der Waals surface area contributed by atoms with E-state index in [1.165, 1.54) is 47.4 Å². The van der Waals surface area contributed by atoms with Crippen LogP contribution < -0.4 is 14.4 Å². The van der Waals surface area contributed by atoms with Gasteiger partial charge >= 0.3 is 12.5 Å². The number of nitriles is 1. The average Bonchev–Trinajstić information content (AvgIpc) is 3.08. The summed E-state index contributed by atoms with van der Waals surface area (Å²) < 4.78 is 86.2. The summed E-state index contributed by atoms with van der Waals surface area (Å²) in [6.45, 7) is -0.266. The van der Waals surface area contributed by atoms with Gasteiger partial charge in [-0.2, -0.15) is 18.4 Å². The first kappa shape index (κ1) is 21.6. The molecule has 0 spiro atoms. The number of anilines is 1. The van der Waals surface area contributed by atoms with E-state index < -0.39 is 30.2 Å². The first-order valence-electron chi connectivity index (χ1n) is 8.90. The number of halogens is 6. The molecule has 0 amide bonds. The van der Waals surface area contributed by atoms with E-state index in [2.05, 4.69) is 4.74 Å². The summed E-state index contributed by atoms with van der Waals surface area (Å²) in [5, 5.41) is 8.93. The van der Waals surface area contributed by atoms with Crippen molar-refractivity contribution in [3.8, 4) is 23.3 Å². The number of hydrogen-bond donors (Lipinski definition) is 0. The smallest absolute Gasteiger partial charge is 0.453 e. The second-order valence-electron chi connectivity index (χ2n) is 6.73. The van der Waals surface area contributed by atoms with E-state index in [9.17, 15) is 26.3 Å². The molecule has 160 valence electrons. The van der Waals surface area contributed by atoms with Crippen molar-refractivity contribution in [2.75, 3.05) is 11.4 Å². The third kappa shape index (κ3) is 5.28. The van der Waals surface area contributed by atoms with Crippen LogP contribution in [0.3, 0.4) is 0 Å². The summed E-state index contributed by atoms with van der Waals surface area (Å²) in [7, 11) is 0. The number of alkyl halides is 6. The van der Waals surface area contributed by atoms with Crippen LogP contribution in [0.1, 0.15) is 12.8 Å². The van der Waals surface area contributed by atoms with E-state index in [4.69, 9.17) is 10.00 Å². The first-order valence-corrected chi connectivity index (χ1v) is 8.90. The van der Waals surface area contributed by atoms with Crippen molar-refractivity contribution in [3.63, 3.8) is 0 Å². The van der Waals surface area contributed by atoms with Gasteiger partial charge in [-0.25, -0.2) is 0 Å². The molecule has 3 rings (SSSR count). The molecule has 2 atom stereocenters. The summed E-state index contributed by atoms with van der Waals surface area (Å²) in [5.74, 6) is -2.03. The highest BCUT2D eigenvalue weighted by atomic mass is 19.4. The maximum absolute atomic E-state index is 13.1. The van der Waals surface area contributed by atoms with Crippen LogP contribution in [-0.2, 0) is 0 Å². The minimum absolute atomic E-state index is 0.0486. The van der Waals surface area contributed by atoms with Gasteiger partial charge in [0.05, 0.1) is 18.4 Å². The van der Waals surface area contributed by atoms with E-state index in [-0.39, 0.29) is 30.9 Å². The Balaban J connectivity index is 1.76. The van der Waals surface area contributed by atoms with E-state index in [1.54, 1.807) is 0 Å². The number of ether oxygens (including phenoxy) is 2. The van der Waals surface area contributed by atoms with Gasteiger partial charge in [0.25, 0.3) is 0 Å². The SMILES string of the molecule is N#CCC1CC(C(F)(F)F)CN1c1ccc(Oc2ccccc2OC(F)(F)F)cc1. The van der Waals surface area contributed by atoms with Gasteiger partial charge in [-0.15, -0.1) is 13.2 Å². The number of para-hydroxylation sites is 2. The maximum atomic E-state index is 13.1. The molecule has 1 heterocycles. The Morgan fingerprint density at radius 1 is 0.967 bits per heavy atom. The molecule has 1 saturated heterocycles. The molecular weight excluding hydrogens is 414 g/mol. The highest BCUT2D eigenvalue weighted by molar-refractivity contribution is 5.52. The molecule has 4 nitrogen and oxygen atoms in total. The normalized spacial score (nSPS) is 19.4. The lowest BCUT2D eigenvalue weighted by molar-refractivity contribution is -0.275. The molecule has 0 aliphatic carbocycles. The fourth-order valence-corrected chi connectivity index (χ4v) is 3.35. The van der Waals surface area contributed by atoms with Gasteiger partial charge in [-0.05, 0) is 42.8 Å². The van der Waals surface area contributed by atoms with E-state index >= 15 is 0 Å². The molecule has 0 N–H and O–H groups in total. The van der Waals surface area contributed by atoms with Gasteiger partial charge in [-0.1, -0.05) is 12.1 Å². The Morgan fingerprint density at radius 3 is 2.17 bits per heavy atom. The maximum Gasteiger partial charge on any atom is 0.573 e. The molecule has 0 saturated carbocycles. The topological polar surface area (TPSA) is 45.5 Å². The van der Waals surface area contributed by atoms with Crippen molar-refractivity contribution in [1.82, 2.24) is 0 Å². The zero-order valence-corrected chi connectivity index (χ0v) is 15.4. The molecule has 0 bridgehead atoms. The van der Waals surface area contributed by atoms with Gasteiger partial charge in [-0.3, -0.25) is 0 Å². The van der Waals surface area contributed by atoms with Crippen LogP contribution in [0.4, 0.5) is 32.0 Å². The Morgan fingerprint density at radius 2 is 1.60 bits per heavy atom. The van der Waals surface area contributed by atoms with Crippen LogP contribution in [0, 0.1) is 17.2 Å². The van der Waals surface area contributed by atoms with Gasteiger partial charge in [0, 0.05) is 18.3 Å². The molecule has 2 aromatic rings. The minimum Gasteiger partial charge on any atom is -0.453 e. The number of nitrogens with zero attached hydrogens (tertiary/aromatic N) is 2. The van der Waals surface area contributed by atoms with Gasteiger partial charge in [0.1, 0.15) is 5.75 Å². The third-order valence-corrected chi connectivity index (χ3v) is 4.68. The Hall–Kier alpha value is -3.09. The molecule has 2 unspecified atom stereocenters. The summed E-state index contributed by atoms with van der Waals surface area (Å²) in [4.78, 5) is 1.52. The lowest BCUT2D eigenvalue weighted by Crippen LogP contribution is -2.30. The van der Waals surface area contributed by atoms with Crippen LogP contribution >= 0.6 is 0 Å². The van der Waals surface area contributed by atoms with Gasteiger partial charge in [0.2, 0.25) is 0 Å². The lowest BCUT2D eigenvalue weighted by Gasteiger charge is -2.25. The highest BCUT2D eigenvalue weighted by Crippen LogP contribution is 2.40. The van der Waals surface area contributed by atoms with Crippen LogP contribution in [0.5, 0.6) is 17.2 Å². The summed E-state index contributed by atoms with van der Waals surface area (Å²) in [5.41, 5.74) is 0.467. The fourth-order valence-electron chi connectivity index (χ4n) is 3.35. The highest BCUT2D eigenvalue weighted by Gasteiger charge is 2.47. The van der Waals surface area contributed by atoms with E-state index in [0.717, 1.165) is 6.07 Å². The van der Waals surface area contributed by atoms with E-state index in [1.807, 2.05) is 6.07 Å². The lowest BCUT2D eigenvalue weighted by atomic mass is 10.0. The van der Waals surface area contributed by atoms with Crippen LogP contribution in [0.25, 0.3) is 0 Å². The average molecular weight is 430 g/mol. The molecule has 1 aliphatic rings. The molecule has 2 aromatic carbocycles. The summed E-state index contributed by atoms with van der Waals surface area (Å²) in [6.07, 6.45) is -9.46. The van der Waals surface area contributed by atoms with Crippen LogP contribution in [-0.4, -0.2) is 25.1 Å². The van der Waals surface area contributed by atoms with Crippen molar-refractivity contribution in [3.05, 3.63) is 48.5 Å². The van der Waals surface area contributed by atoms with Crippen molar-refractivity contribution >= 4 is 5.69 Å².